The predicted molar refractivity (Wildman–Crippen MR) is 71.9 cm³/mol. The Bertz CT molecular complexity index is 540. The van der Waals surface area contributed by atoms with Gasteiger partial charge >= 0.3 is 0 Å². The lowest BCUT2D eigenvalue weighted by atomic mass is 9.97. The second kappa shape index (κ2) is 4.59. The summed E-state index contributed by atoms with van der Waals surface area (Å²) >= 11 is 1.61. The zero-order chi connectivity index (χ0) is 12.5. The first kappa shape index (κ1) is 12.3. The topological polar surface area (TPSA) is 26.3 Å². The van der Waals surface area contributed by atoms with Crippen LogP contribution in [-0.4, -0.2) is 18.5 Å². The fourth-order valence-electron chi connectivity index (χ4n) is 1.77. The molecule has 0 aliphatic heterocycles. The molecule has 2 aromatic rings. The van der Waals surface area contributed by atoms with Gasteiger partial charge in [0.05, 0.1) is 5.60 Å². The van der Waals surface area contributed by atoms with Crippen LogP contribution in [0.3, 0.4) is 0 Å². The lowest BCUT2D eigenvalue weighted by molar-refractivity contribution is 0.0172. The van der Waals surface area contributed by atoms with Crippen molar-refractivity contribution in [2.75, 3.05) is 7.11 Å². The fraction of sp³-hybridized carbons (Fsp3) is 0.357. The zero-order valence-electron chi connectivity index (χ0n) is 10.3. The first-order chi connectivity index (χ1) is 8.03. The maximum absolute atomic E-state index is 12.3. The van der Waals surface area contributed by atoms with Gasteiger partial charge < -0.3 is 4.74 Å². The first-order valence-corrected chi connectivity index (χ1v) is 6.46. The highest BCUT2D eigenvalue weighted by Crippen LogP contribution is 2.27. The highest BCUT2D eigenvalue weighted by atomic mass is 32.1. The molecule has 0 aliphatic rings. The van der Waals surface area contributed by atoms with Crippen molar-refractivity contribution < 1.29 is 9.53 Å². The Balaban J connectivity index is 2.34. The lowest BCUT2D eigenvalue weighted by Crippen LogP contribution is -2.26. The number of carbonyl (C=O) groups excluding carboxylic acids is 1. The van der Waals surface area contributed by atoms with Crippen LogP contribution >= 0.6 is 11.3 Å². The van der Waals surface area contributed by atoms with Gasteiger partial charge in [0.2, 0.25) is 0 Å². The van der Waals surface area contributed by atoms with Crippen molar-refractivity contribution in [3.05, 3.63) is 35.2 Å². The first-order valence-electron chi connectivity index (χ1n) is 5.58. The van der Waals surface area contributed by atoms with E-state index in [0.717, 1.165) is 15.6 Å². The molecule has 17 heavy (non-hydrogen) atoms. The number of Topliss-reactive ketones (excluding diaryl/α,β-unsaturated/α-hetero) is 1. The third-order valence-electron chi connectivity index (χ3n) is 2.92. The molecule has 1 aromatic heterocycles. The van der Waals surface area contributed by atoms with E-state index >= 15 is 0 Å². The van der Waals surface area contributed by atoms with E-state index < -0.39 is 5.60 Å². The van der Waals surface area contributed by atoms with E-state index in [2.05, 4.69) is 0 Å². The van der Waals surface area contributed by atoms with Crippen LogP contribution in [0.25, 0.3) is 10.1 Å². The van der Waals surface area contributed by atoms with Crippen LogP contribution in [0, 0.1) is 0 Å². The molecule has 1 heterocycles. The van der Waals surface area contributed by atoms with Crippen LogP contribution < -0.4 is 0 Å². The minimum Gasteiger partial charge on any atom is -0.378 e. The van der Waals surface area contributed by atoms with Gasteiger partial charge in [0, 0.05) is 23.8 Å². The van der Waals surface area contributed by atoms with Crippen molar-refractivity contribution in [3.63, 3.8) is 0 Å². The molecule has 3 heteroatoms. The van der Waals surface area contributed by atoms with Crippen molar-refractivity contribution in [2.45, 2.75) is 25.9 Å². The molecule has 0 N–H and O–H groups in total. The SMILES string of the molecule is COC(C)(C)CC(=O)c1cccc2ccsc12. The van der Waals surface area contributed by atoms with Crippen LogP contribution in [0.4, 0.5) is 0 Å². The highest BCUT2D eigenvalue weighted by Gasteiger charge is 2.23. The van der Waals surface area contributed by atoms with E-state index in [1.165, 1.54) is 0 Å². The quantitative estimate of drug-likeness (QED) is 0.767. The average Bonchev–Trinajstić information content (AvgIpc) is 2.76. The number of methoxy groups -OCH3 is 1. The third kappa shape index (κ3) is 2.56. The molecular weight excluding hydrogens is 232 g/mol. The summed E-state index contributed by atoms with van der Waals surface area (Å²) in [5.41, 5.74) is 0.402. The highest BCUT2D eigenvalue weighted by molar-refractivity contribution is 7.17. The maximum atomic E-state index is 12.3. The Labute approximate surface area is 105 Å². The molecule has 2 nitrogen and oxygen atoms in total. The van der Waals surface area contributed by atoms with E-state index in [9.17, 15) is 4.79 Å². The number of ether oxygens (including phenoxy) is 1. The molecule has 0 bridgehead atoms. The van der Waals surface area contributed by atoms with Gasteiger partial charge in [0.25, 0.3) is 0 Å². The van der Waals surface area contributed by atoms with Gasteiger partial charge in [-0.1, -0.05) is 12.1 Å². The maximum Gasteiger partial charge on any atom is 0.167 e. The molecule has 0 unspecified atom stereocenters. The summed E-state index contributed by atoms with van der Waals surface area (Å²) in [4.78, 5) is 12.3. The largest absolute Gasteiger partial charge is 0.378 e. The summed E-state index contributed by atoms with van der Waals surface area (Å²) < 4.78 is 6.38. The smallest absolute Gasteiger partial charge is 0.167 e. The second-order valence-corrected chi connectivity index (χ2v) is 5.62. The lowest BCUT2D eigenvalue weighted by Gasteiger charge is -2.21. The zero-order valence-corrected chi connectivity index (χ0v) is 11.1. The normalized spacial score (nSPS) is 11.9. The van der Waals surface area contributed by atoms with E-state index in [1.807, 2.05) is 43.5 Å². The van der Waals surface area contributed by atoms with Crippen molar-refractivity contribution in [3.8, 4) is 0 Å². The minimum absolute atomic E-state index is 0.143. The van der Waals surface area contributed by atoms with Crippen LogP contribution in [0.2, 0.25) is 0 Å². The summed E-state index contributed by atoms with van der Waals surface area (Å²) in [6, 6.07) is 7.90. The summed E-state index contributed by atoms with van der Waals surface area (Å²) in [5.74, 6) is 0.143. The monoisotopic (exact) mass is 248 g/mol. The molecule has 0 saturated heterocycles. The molecule has 90 valence electrons. The molecule has 0 amide bonds. The number of hydrogen-bond donors (Lipinski definition) is 0. The Morgan fingerprint density at radius 2 is 2.12 bits per heavy atom. The number of ketones is 1. The Morgan fingerprint density at radius 3 is 2.82 bits per heavy atom. The van der Waals surface area contributed by atoms with Crippen LogP contribution in [0.15, 0.2) is 29.6 Å². The average molecular weight is 248 g/mol. The summed E-state index contributed by atoms with van der Waals surface area (Å²) in [6.45, 7) is 3.86. The molecule has 0 fully saturated rings. The molecular formula is C14H16O2S. The number of hydrogen-bond acceptors (Lipinski definition) is 3. The van der Waals surface area contributed by atoms with E-state index in [1.54, 1.807) is 18.4 Å². The van der Waals surface area contributed by atoms with Crippen LogP contribution in [0.5, 0.6) is 0 Å². The predicted octanol–water partition coefficient (Wildman–Crippen LogP) is 3.90. The molecule has 1 aromatic carbocycles. The van der Waals surface area contributed by atoms with Gasteiger partial charge in [0.1, 0.15) is 0 Å². The van der Waals surface area contributed by atoms with E-state index in [4.69, 9.17) is 4.74 Å². The minimum atomic E-state index is -0.406. The standard InChI is InChI=1S/C14H16O2S/c1-14(2,16-3)9-12(15)11-6-4-5-10-7-8-17-13(10)11/h4-8H,9H2,1-3H3. The Hall–Kier alpha value is -1.19. The molecule has 0 aliphatic carbocycles. The number of rotatable bonds is 4. The van der Waals surface area contributed by atoms with Gasteiger partial charge in [-0.15, -0.1) is 11.3 Å². The summed E-state index contributed by atoms with van der Waals surface area (Å²) in [5, 5.41) is 3.15. The van der Waals surface area contributed by atoms with Gasteiger partial charge in [-0.3, -0.25) is 4.79 Å². The van der Waals surface area contributed by atoms with Crippen molar-refractivity contribution in [2.24, 2.45) is 0 Å². The number of fused-ring (bicyclic) bond motifs is 1. The van der Waals surface area contributed by atoms with E-state index in [-0.39, 0.29) is 5.78 Å². The fourth-order valence-corrected chi connectivity index (χ4v) is 2.70. The molecule has 0 radical (unpaired) electrons. The molecule has 0 saturated carbocycles. The number of thiophene rings is 1. The number of carbonyl (C=O) groups is 1. The second-order valence-electron chi connectivity index (χ2n) is 4.71. The van der Waals surface area contributed by atoms with Gasteiger partial charge in [-0.05, 0) is 36.7 Å². The van der Waals surface area contributed by atoms with E-state index in [0.29, 0.717) is 6.42 Å². The Morgan fingerprint density at radius 1 is 1.35 bits per heavy atom. The van der Waals surface area contributed by atoms with Gasteiger partial charge in [-0.2, -0.15) is 0 Å². The van der Waals surface area contributed by atoms with Gasteiger partial charge in [0.15, 0.2) is 5.78 Å². The molecule has 0 atom stereocenters. The number of benzene rings is 1. The van der Waals surface area contributed by atoms with Crippen molar-refractivity contribution in [1.29, 1.82) is 0 Å². The van der Waals surface area contributed by atoms with Crippen LogP contribution in [0.1, 0.15) is 30.6 Å². The Kier molecular flexibility index (Phi) is 3.31. The molecule has 2 rings (SSSR count). The van der Waals surface area contributed by atoms with Crippen molar-refractivity contribution >= 4 is 27.2 Å². The summed E-state index contributed by atoms with van der Waals surface area (Å²) in [7, 11) is 1.64. The van der Waals surface area contributed by atoms with Crippen LogP contribution in [-0.2, 0) is 4.74 Å². The van der Waals surface area contributed by atoms with Gasteiger partial charge in [-0.25, -0.2) is 0 Å². The summed E-state index contributed by atoms with van der Waals surface area (Å²) in [6.07, 6.45) is 0.403. The third-order valence-corrected chi connectivity index (χ3v) is 3.88. The molecule has 0 spiro atoms. The van der Waals surface area contributed by atoms with Crippen molar-refractivity contribution in [1.82, 2.24) is 0 Å².